The second kappa shape index (κ2) is 6.86. The lowest BCUT2D eigenvalue weighted by molar-refractivity contribution is 1.07. The number of aryl methyl sites for hydroxylation is 1. The van der Waals surface area contributed by atoms with Crippen molar-refractivity contribution in [3.05, 3.63) is 41.0 Å². The summed E-state index contributed by atoms with van der Waals surface area (Å²) < 4.78 is 0. The van der Waals surface area contributed by atoms with Crippen LogP contribution in [-0.4, -0.2) is 4.98 Å². The van der Waals surface area contributed by atoms with E-state index in [0.29, 0.717) is 6.54 Å². The minimum absolute atomic E-state index is 0. The molecule has 2 nitrogen and oxygen atoms in total. The highest BCUT2D eigenvalue weighted by molar-refractivity contribution is 7.13. The van der Waals surface area contributed by atoms with Gasteiger partial charge in [0.15, 0.2) is 0 Å². The fourth-order valence-corrected chi connectivity index (χ4v) is 2.18. The van der Waals surface area contributed by atoms with Crippen LogP contribution in [0.5, 0.6) is 0 Å². The largest absolute Gasteiger partial charge is 0.326 e. The second-order valence-electron chi connectivity index (χ2n) is 3.17. The van der Waals surface area contributed by atoms with Gasteiger partial charge in [0.1, 0.15) is 0 Å². The zero-order valence-electron chi connectivity index (χ0n) is 8.84. The molecule has 0 radical (unpaired) electrons. The van der Waals surface area contributed by atoms with E-state index >= 15 is 0 Å². The summed E-state index contributed by atoms with van der Waals surface area (Å²) in [7, 11) is 0. The maximum atomic E-state index is 5.54. The Kier molecular flexibility index (Phi) is 6.60. The van der Waals surface area contributed by atoms with Crippen LogP contribution in [0.25, 0.3) is 10.4 Å². The number of halogens is 2. The minimum Gasteiger partial charge on any atom is -0.326 e. The highest BCUT2D eigenvalue weighted by Crippen LogP contribution is 2.26. The lowest BCUT2D eigenvalue weighted by Gasteiger charge is -2.00. The Morgan fingerprint density at radius 2 is 1.81 bits per heavy atom. The standard InChI is InChI=1S/C11H12N2S.2ClH/c1-8-11(14-7-13-8)10-4-2-9(6-12)3-5-10;;/h2-5,7H,6,12H2,1H3;2*1H. The highest BCUT2D eigenvalue weighted by Gasteiger charge is 2.03. The maximum Gasteiger partial charge on any atom is 0.0801 e. The van der Waals surface area contributed by atoms with Crippen molar-refractivity contribution in [3.8, 4) is 10.4 Å². The van der Waals surface area contributed by atoms with Gasteiger partial charge in [0.05, 0.1) is 16.1 Å². The van der Waals surface area contributed by atoms with Gasteiger partial charge in [0, 0.05) is 6.54 Å². The lowest BCUT2D eigenvalue weighted by Crippen LogP contribution is -1.95. The van der Waals surface area contributed by atoms with Gasteiger partial charge >= 0.3 is 0 Å². The first kappa shape index (κ1) is 15.4. The van der Waals surface area contributed by atoms with Gasteiger partial charge in [-0.05, 0) is 18.1 Å². The molecule has 0 unspecified atom stereocenters. The predicted molar refractivity (Wildman–Crippen MR) is 74.7 cm³/mol. The van der Waals surface area contributed by atoms with E-state index in [1.807, 2.05) is 12.4 Å². The molecule has 0 fully saturated rings. The van der Waals surface area contributed by atoms with E-state index in [4.69, 9.17) is 5.73 Å². The molecule has 0 atom stereocenters. The van der Waals surface area contributed by atoms with Crippen molar-refractivity contribution in [3.63, 3.8) is 0 Å². The van der Waals surface area contributed by atoms with Crippen LogP contribution >= 0.6 is 36.2 Å². The molecule has 2 aromatic rings. The first-order chi connectivity index (χ1) is 6.81. The molecule has 0 bridgehead atoms. The van der Waals surface area contributed by atoms with Crippen LogP contribution in [-0.2, 0) is 6.54 Å². The molecule has 0 saturated carbocycles. The van der Waals surface area contributed by atoms with Crippen molar-refractivity contribution in [2.45, 2.75) is 13.5 Å². The van der Waals surface area contributed by atoms with Gasteiger partial charge in [0.2, 0.25) is 0 Å². The molecule has 88 valence electrons. The van der Waals surface area contributed by atoms with Crippen molar-refractivity contribution < 1.29 is 0 Å². The van der Waals surface area contributed by atoms with Gasteiger partial charge in [0.25, 0.3) is 0 Å². The average Bonchev–Trinajstić information content (AvgIpc) is 2.65. The molecular weight excluding hydrogens is 263 g/mol. The summed E-state index contributed by atoms with van der Waals surface area (Å²) >= 11 is 1.67. The number of hydrogen-bond acceptors (Lipinski definition) is 3. The van der Waals surface area contributed by atoms with Crippen LogP contribution in [0.1, 0.15) is 11.3 Å². The number of nitrogens with zero attached hydrogens (tertiary/aromatic N) is 1. The Balaban J connectivity index is 0.00000112. The van der Waals surface area contributed by atoms with Crippen molar-refractivity contribution >= 4 is 36.2 Å². The average molecular weight is 277 g/mol. The molecule has 1 heterocycles. The Bertz CT molecular complexity index is 426. The molecule has 2 rings (SSSR count). The summed E-state index contributed by atoms with van der Waals surface area (Å²) in [6.07, 6.45) is 0. The molecule has 5 heteroatoms. The molecule has 0 amide bonds. The van der Waals surface area contributed by atoms with Crippen LogP contribution < -0.4 is 5.73 Å². The lowest BCUT2D eigenvalue weighted by atomic mass is 10.1. The molecular formula is C11H14Cl2N2S. The van der Waals surface area contributed by atoms with Gasteiger partial charge in [-0.3, -0.25) is 0 Å². The summed E-state index contributed by atoms with van der Waals surface area (Å²) in [5, 5.41) is 0. The number of thiazole rings is 1. The number of hydrogen-bond donors (Lipinski definition) is 1. The third-order valence-corrected chi connectivity index (χ3v) is 3.17. The topological polar surface area (TPSA) is 38.9 Å². The van der Waals surface area contributed by atoms with E-state index in [1.165, 1.54) is 10.4 Å². The monoisotopic (exact) mass is 276 g/mol. The third kappa shape index (κ3) is 3.19. The number of aromatic nitrogens is 1. The molecule has 16 heavy (non-hydrogen) atoms. The van der Waals surface area contributed by atoms with E-state index in [2.05, 4.69) is 29.2 Å². The quantitative estimate of drug-likeness (QED) is 0.913. The van der Waals surface area contributed by atoms with Crippen molar-refractivity contribution in [1.29, 1.82) is 0 Å². The van der Waals surface area contributed by atoms with Gasteiger partial charge in [-0.2, -0.15) is 0 Å². The zero-order valence-corrected chi connectivity index (χ0v) is 11.3. The van der Waals surface area contributed by atoms with Crippen molar-refractivity contribution in [2.24, 2.45) is 5.73 Å². The van der Waals surface area contributed by atoms with E-state index in [-0.39, 0.29) is 24.8 Å². The van der Waals surface area contributed by atoms with Crippen LogP contribution in [0.4, 0.5) is 0 Å². The zero-order chi connectivity index (χ0) is 9.97. The summed E-state index contributed by atoms with van der Waals surface area (Å²) in [4.78, 5) is 5.47. The molecule has 0 aliphatic carbocycles. The van der Waals surface area contributed by atoms with Gasteiger partial charge in [-0.25, -0.2) is 4.98 Å². The van der Waals surface area contributed by atoms with Gasteiger partial charge < -0.3 is 5.73 Å². The minimum atomic E-state index is 0. The fourth-order valence-electron chi connectivity index (χ4n) is 1.37. The van der Waals surface area contributed by atoms with Crippen LogP contribution in [0.2, 0.25) is 0 Å². The smallest absolute Gasteiger partial charge is 0.0801 e. The second-order valence-corrected chi connectivity index (χ2v) is 4.02. The fraction of sp³-hybridized carbons (Fsp3) is 0.182. The Hall–Kier alpha value is -0.610. The molecule has 2 N–H and O–H groups in total. The van der Waals surface area contributed by atoms with Gasteiger partial charge in [-0.1, -0.05) is 24.3 Å². The normalized spacial score (nSPS) is 9.12. The van der Waals surface area contributed by atoms with Crippen LogP contribution in [0.15, 0.2) is 29.8 Å². The van der Waals surface area contributed by atoms with E-state index < -0.39 is 0 Å². The summed E-state index contributed by atoms with van der Waals surface area (Å²) in [6.45, 7) is 2.63. The van der Waals surface area contributed by atoms with Crippen molar-refractivity contribution in [1.82, 2.24) is 4.98 Å². The van der Waals surface area contributed by atoms with Crippen LogP contribution in [0.3, 0.4) is 0 Å². The first-order valence-corrected chi connectivity index (χ1v) is 5.38. The van der Waals surface area contributed by atoms with E-state index in [9.17, 15) is 0 Å². The SMILES string of the molecule is Cc1ncsc1-c1ccc(CN)cc1.Cl.Cl. The van der Waals surface area contributed by atoms with Crippen molar-refractivity contribution in [2.75, 3.05) is 0 Å². The Labute approximate surface area is 112 Å². The third-order valence-electron chi connectivity index (χ3n) is 2.20. The van der Waals surface area contributed by atoms with E-state index in [0.717, 1.165) is 11.3 Å². The van der Waals surface area contributed by atoms with E-state index in [1.54, 1.807) is 11.3 Å². The number of rotatable bonds is 2. The maximum absolute atomic E-state index is 5.54. The Morgan fingerprint density at radius 1 is 1.19 bits per heavy atom. The summed E-state index contributed by atoms with van der Waals surface area (Å²) in [5.74, 6) is 0. The predicted octanol–water partition coefficient (Wildman–Crippen LogP) is 3.42. The molecule has 1 aromatic heterocycles. The number of benzene rings is 1. The highest BCUT2D eigenvalue weighted by atomic mass is 35.5. The molecule has 0 saturated heterocycles. The summed E-state index contributed by atoms with van der Waals surface area (Å²) in [5.41, 5.74) is 10.9. The molecule has 1 aromatic carbocycles. The summed E-state index contributed by atoms with van der Waals surface area (Å²) in [6, 6.07) is 8.33. The molecule has 0 aliphatic heterocycles. The van der Waals surface area contributed by atoms with Gasteiger partial charge in [-0.15, -0.1) is 36.2 Å². The first-order valence-electron chi connectivity index (χ1n) is 4.50. The molecule has 0 aliphatic rings. The number of nitrogens with two attached hydrogens (primary N) is 1. The molecule has 0 spiro atoms. The Morgan fingerprint density at radius 3 is 2.25 bits per heavy atom. The van der Waals surface area contributed by atoms with Crippen LogP contribution in [0, 0.1) is 6.92 Å².